The van der Waals surface area contributed by atoms with Gasteiger partial charge in [0.1, 0.15) is 0 Å². The molecule has 5 heteroatoms. The first-order valence-electron chi connectivity index (χ1n) is 4.83. The average molecular weight is 212 g/mol. The van der Waals surface area contributed by atoms with Gasteiger partial charge in [-0.3, -0.25) is 9.20 Å². The minimum absolute atomic E-state index is 0.287. The Hall–Kier alpha value is -2.43. The normalized spacial score (nSPS) is 10.8. The summed E-state index contributed by atoms with van der Waals surface area (Å²) in [6.07, 6.45) is 3.30. The first-order chi connectivity index (χ1) is 7.86. The number of nitrogens with one attached hydrogen (secondary N) is 1. The van der Waals surface area contributed by atoms with Crippen molar-refractivity contribution in [1.29, 1.82) is 0 Å². The molecule has 5 nitrogen and oxygen atoms in total. The predicted octanol–water partition coefficient (Wildman–Crippen LogP) is 1.08. The minimum atomic E-state index is -0.287. The summed E-state index contributed by atoms with van der Waals surface area (Å²) in [7, 11) is 0. The van der Waals surface area contributed by atoms with Gasteiger partial charge >= 0.3 is 5.56 Å². The van der Waals surface area contributed by atoms with Gasteiger partial charge < -0.3 is 0 Å². The summed E-state index contributed by atoms with van der Waals surface area (Å²) >= 11 is 0. The maximum Gasteiger partial charge on any atom is 0.307 e. The van der Waals surface area contributed by atoms with Crippen LogP contribution in [0, 0.1) is 0 Å². The zero-order valence-corrected chi connectivity index (χ0v) is 8.29. The van der Waals surface area contributed by atoms with E-state index in [0.29, 0.717) is 11.5 Å². The lowest BCUT2D eigenvalue weighted by molar-refractivity contribution is 0.925. The van der Waals surface area contributed by atoms with Gasteiger partial charge in [-0.05, 0) is 0 Å². The summed E-state index contributed by atoms with van der Waals surface area (Å²) in [6.45, 7) is 0. The van der Waals surface area contributed by atoms with Gasteiger partial charge in [0.05, 0.1) is 0 Å². The lowest BCUT2D eigenvalue weighted by Gasteiger charge is -2.02. The molecule has 2 heterocycles. The maximum atomic E-state index is 11.4. The molecule has 0 amide bonds. The van der Waals surface area contributed by atoms with Gasteiger partial charge in [-0.15, -0.1) is 0 Å². The molecule has 16 heavy (non-hydrogen) atoms. The Kier molecular flexibility index (Phi) is 1.83. The number of rotatable bonds is 1. The third-order valence-corrected chi connectivity index (χ3v) is 2.37. The van der Waals surface area contributed by atoms with Crippen molar-refractivity contribution < 1.29 is 0 Å². The van der Waals surface area contributed by atoms with Crippen LogP contribution >= 0.6 is 0 Å². The van der Waals surface area contributed by atoms with Crippen LogP contribution in [0.25, 0.3) is 17.0 Å². The Morgan fingerprint density at radius 2 is 2.00 bits per heavy atom. The number of benzene rings is 1. The smallest absolute Gasteiger partial charge is 0.278 e. The van der Waals surface area contributed by atoms with Gasteiger partial charge in [-0.25, -0.2) is 10.1 Å². The van der Waals surface area contributed by atoms with E-state index >= 15 is 0 Å². The molecule has 0 unspecified atom stereocenters. The molecule has 0 saturated carbocycles. The Balaban J connectivity index is 2.37. The molecule has 3 aromatic rings. The number of hydrogen-bond donors (Lipinski definition) is 1. The average Bonchev–Trinajstić information content (AvgIpc) is 2.81. The molecule has 0 aliphatic rings. The highest BCUT2D eigenvalue weighted by atomic mass is 16.1. The molecule has 0 aliphatic heterocycles. The van der Waals surface area contributed by atoms with Crippen LogP contribution in [-0.2, 0) is 0 Å². The molecule has 78 valence electrons. The van der Waals surface area contributed by atoms with Crippen LogP contribution in [0.3, 0.4) is 0 Å². The molecular formula is C11H8N4O. The summed E-state index contributed by atoms with van der Waals surface area (Å²) in [5.74, 6) is 0.674. The molecule has 0 aliphatic carbocycles. The van der Waals surface area contributed by atoms with E-state index in [9.17, 15) is 4.79 Å². The Morgan fingerprint density at radius 3 is 2.81 bits per heavy atom. The quantitative estimate of drug-likeness (QED) is 0.656. The van der Waals surface area contributed by atoms with Crippen molar-refractivity contribution in [2.24, 2.45) is 0 Å². The molecule has 0 fully saturated rings. The van der Waals surface area contributed by atoms with Gasteiger partial charge in [-0.2, -0.15) is 5.10 Å². The van der Waals surface area contributed by atoms with Gasteiger partial charge in [0.2, 0.25) is 5.65 Å². The second kappa shape index (κ2) is 3.30. The Morgan fingerprint density at radius 1 is 1.19 bits per heavy atom. The topological polar surface area (TPSA) is 63.0 Å². The SMILES string of the molecule is O=c1[nH]nc(-c2ccccc2)n2ccnc12. The van der Waals surface area contributed by atoms with Crippen molar-refractivity contribution in [2.45, 2.75) is 0 Å². The number of H-pyrrole nitrogens is 1. The van der Waals surface area contributed by atoms with E-state index in [0.717, 1.165) is 5.56 Å². The van der Waals surface area contributed by atoms with Crippen molar-refractivity contribution in [3.63, 3.8) is 0 Å². The number of aromatic amines is 1. The van der Waals surface area contributed by atoms with Crippen LogP contribution in [0.15, 0.2) is 47.5 Å². The molecular weight excluding hydrogens is 204 g/mol. The summed E-state index contributed by atoms with van der Waals surface area (Å²) in [4.78, 5) is 15.4. The number of aromatic nitrogens is 4. The fraction of sp³-hybridized carbons (Fsp3) is 0. The van der Waals surface area contributed by atoms with E-state index in [1.54, 1.807) is 16.8 Å². The van der Waals surface area contributed by atoms with E-state index in [4.69, 9.17) is 0 Å². The summed E-state index contributed by atoms with van der Waals surface area (Å²) < 4.78 is 1.67. The summed E-state index contributed by atoms with van der Waals surface area (Å²) in [5, 5.41) is 6.47. The minimum Gasteiger partial charge on any atom is -0.278 e. The van der Waals surface area contributed by atoms with Crippen LogP contribution in [0.2, 0.25) is 0 Å². The predicted molar refractivity (Wildman–Crippen MR) is 59.0 cm³/mol. The monoisotopic (exact) mass is 212 g/mol. The Bertz CT molecular complexity index is 684. The fourth-order valence-corrected chi connectivity index (χ4v) is 1.64. The molecule has 1 N–H and O–H groups in total. The highest BCUT2D eigenvalue weighted by Gasteiger charge is 2.07. The van der Waals surface area contributed by atoms with Gasteiger partial charge in [0.15, 0.2) is 5.82 Å². The Labute approximate surface area is 90.4 Å². The third kappa shape index (κ3) is 1.22. The first-order valence-corrected chi connectivity index (χ1v) is 4.83. The summed E-state index contributed by atoms with van der Waals surface area (Å²) in [6, 6.07) is 9.64. The zero-order chi connectivity index (χ0) is 11.0. The number of hydrogen-bond acceptors (Lipinski definition) is 3. The zero-order valence-electron chi connectivity index (χ0n) is 8.29. The molecule has 0 atom stereocenters. The van der Waals surface area contributed by atoms with Crippen LogP contribution in [0.5, 0.6) is 0 Å². The lowest BCUT2D eigenvalue weighted by Crippen LogP contribution is -2.13. The van der Waals surface area contributed by atoms with E-state index in [1.165, 1.54) is 0 Å². The molecule has 0 bridgehead atoms. The third-order valence-electron chi connectivity index (χ3n) is 2.37. The highest BCUT2D eigenvalue weighted by Crippen LogP contribution is 2.14. The largest absolute Gasteiger partial charge is 0.307 e. The van der Waals surface area contributed by atoms with Gasteiger partial charge in [0.25, 0.3) is 0 Å². The standard InChI is InChI=1S/C11H8N4O/c16-11-10-12-6-7-15(10)9(13-14-11)8-4-2-1-3-5-8/h1-7H,(H,14,16). The molecule has 0 radical (unpaired) electrons. The van der Waals surface area contributed by atoms with Crippen molar-refractivity contribution >= 4 is 5.65 Å². The second-order valence-electron chi connectivity index (χ2n) is 3.36. The van der Waals surface area contributed by atoms with E-state index in [2.05, 4.69) is 15.2 Å². The molecule has 2 aromatic heterocycles. The lowest BCUT2D eigenvalue weighted by atomic mass is 10.2. The molecule has 0 spiro atoms. The number of fused-ring (bicyclic) bond motifs is 1. The number of nitrogens with zero attached hydrogens (tertiary/aromatic N) is 3. The number of imidazole rings is 1. The molecule has 1 aromatic carbocycles. The first kappa shape index (κ1) is 8.84. The van der Waals surface area contributed by atoms with Crippen LogP contribution < -0.4 is 5.56 Å². The summed E-state index contributed by atoms with van der Waals surface area (Å²) in [5.41, 5.74) is 1.00. The second-order valence-corrected chi connectivity index (χ2v) is 3.36. The van der Waals surface area contributed by atoms with Crippen LogP contribution in [0.1, 0.15) is 0 Å². The van der Waals surface area contributed by atoms with E-state index in [1.807, 2.05) is 30.3 Å². The van der Waals surface area contributed by atoms with Crippen molar-refractivity contribution in [3.8, 4) is 11.4 Å². The fourth-order valence-electron chi connectivity index (χ4n) is 1.64. The maximum absolute atomic E-state index is 11.4. The van der Waals surface area contributed by atoms with Gasteiger partial charge in [-0.1, -0.05) is 30.3 Å². The van der Waals surface area contributed by atoms with Crippen molar-refractivity contribution in [1.82, 2.24) is 19.6 Å². The van der Waals surface area contributed by atoms with Crippen LogP contribution in [0.4, 0.5) is 0 Å². The van der Waals surface area contributed by atoms with Crippen molar-refractivity contribution in [2.75, 3.05) is 0 Å². The van der Waals surface area contributed by atoms with Crippen LogP contribution in [-0.4, -0.2) is 19.6 Å². The van der Waals surface area contributed by atoms with Crippen molar-refractivity contribution in [3.05, 3.63) is 53.1 Å². The van der Waals surface area contributed by atoms with Gasteiger partial charge in [0, 0.05) is 18.0 Å². The van der Waals surface area contributed by atoms with E-state index in [-0.39, 0.29) is 5.56 Å². The highest BCUT2D eigenvalue weighted by molar-refractivity contribution is 5.57. The van der Waals surface area contributed by atoms with E-state index < -0.39 is 0 Å². The molecule has 0 saturated heterocycles. The molecule has 3 rings (SSSR count).